The Morgan fingerprint density at radius 3 is 1.61 bits per heavy atom. The first-order valence-electron chi connectivity index (χ1n) is 32.0. The van der Waals surface area contributed by atoms with Crippen molar-refractivity contribution in [2.45, 2.75) is 85.5 Å². The van der Waals surface area contributed by atoms with Crippen LogP contribution < -0.4 is 40.2 Å². The van der Waals surface area contributed by atoms with Gasteiger partial charge in [0.2, 0.25) is 0 Å². The topological polar surface area (TPSA) is 31.8 Å². The summed E-state index contributed by atoms with van der Waals surface area (Å²) in [4.78, 5) is 12.2. The molecule has 0 unspecified atom stereocenters. The van der Waals surface area contributed by atoms with Crippen LogP contribution in [0.1, 0.15) is 91.4 Å². The monoisotopic (exact) mass is 1130 g/mol. The molecule has 2 aliphatic heterocycles. The molecule has 0 radical (unpaired) electrons. The van der Waals surface area contributed by atoms with E-state index in [4.69, 9.17) is 13.8 Å². The minimum absolute atomic E-state index is 0.0390. The molecule has 6 heteroatoms. The van der Waals surface area contributed by atoms with Crippen molar-refractivity contribution in [3.05, 3.63) is 277 Å². The Labute approximate surface area is 511 Å². The van der Waals surface area contributed by atoms with E-state index in [0.29, 0.717) is 23.7 Å². The summed E-state index contributed by atoms with van der Waals surface area (Å²) in [6, 6.07) is 76.2. The van der Waals surface area contributed by atoms with Crippen molar-refractivity contribution in [1.29, 1.82) is 0 Å². The van der Waals surface area contributed by atoms with Crippen LogP contribution in [0, 0.1) is 6.92 Å². The van der Waals surface area contributed by atoms with Crippen molar-refractivity contribution in [2.24, 2.45) is 0 Å². The largest absolute Gasteiger partial charge is 0.457 e. The van der Waals surface area contributed by atoms with Gasteiger partial charge < -0.3 is 14.5 Å². The molecular weight excluding hydrogens is 1050 g/mol. The predicted molar refractivity (Wildman–Crippen MR) is 362 cm³/mol. The number of para-hydroxylation sites is 4. The van der Waals surface area contributed by atoms with E-state index in [1.165, 1.54) is 37.4 Å². The van der Waals surface area contributed by atoms with Crippen molar-refractivity contribution in [1.82, 2.24) is 4.98 Å². The molecule has 0 spiro atoms. The Hall–Kier alpha value is -9.23. The average molecular weight is 1130 g/mol. The maximum absolute atomic E-state index is 9.37. The Bertz CT molecular complexity index is 4490. The first-order chi connectivity index (χ1) is 43.0. The number of pyridine rings is 1. The number of ether oxygens (including phenoxy) is 1. The maximum Gasteiger partial charge on any atom is 0.184 e. The van der Waals surface area contributed by atoms with Crippen molar-refractivity contribution < 1.29 is 11.6 Å². The second-order valence-electron chi connectivity index (χ2n) is 25.8. The van der Waals surface area contributed by atoms with E-state index in [1.807, 2.05) is 42.6 Å². The van der Waals surface area contributed by atoms with Crippen LogP contribution >= 0.6 is 0 Å². The molecule has 0 N–H and O–H groups in total. The third kappa shape index (κ3) is 10.0. The van der Waals surface area contributed by atoms with Gasteiger partial charge in [-0.1, -0.05) is 256 Å². The number of rotatable bonds is 10. The fraction of sp³-hybridized carbons (Fsp3) is 0.177. The summed E-state index contributed by atoms with van der Waals surface area (Å²) in [5, 5.41) is 5.05. The number of aromatic nitrogens is 1. The molecule has 10 aromatic carbocycles. The van der Waals surface area contributed by atoms with Gasteiger partial charge in [-0.15, -0.1) is 0 Å². The van der Waals surface area contributed by atoms with Gasteiger partial charge in [0.25, 0.3) is 0 Å². The van der Waals surface area contributed by atoms with Gasteiger partial charge in [-0.3, -0.25) is 4.90 Å². The van der Waals surface area contributed by atoms with Gasteiger partial charge >= 0.3 is 0 Å². The summed E-state index contributed by atoms with van der Waals surface area (Å²) in [5.74, 6) is 2.12. The number of hydrogen-bond donors (Lipinski definition) is 0. The quantitative estimate of drug-likeness (QED) is 0.127. The summed E-state index contributed by atoms with van der Waals surface area (Å²) in [6.07, 6.45) is 2.03. The van der Waals surface area contributed by atoms with E-state index in [2.05, 4.69) is 266 Å². The third-order valence-corrected chi connectivity index (χ3v) is 22.0. The standard InChI is InChI=1S/C79H74N4OSi/c1-54-46-75(80-52-68(54)56-40-42-58(43-41-56)77(2,3)4)83-71-38-22-23-39-73(71)85(64-30-16-12-17-31-64,65-32-18-13-19-33-65)74-45-44-63(51-72(74)83)84-62-29-24-28-61(50-62)81-53-82(70-37-21-20-36-69(70)81)76-66(55-26-14-11-15-27-55)34-25-35-67(76)57-47-59(78(5,6)7)49-60(48-57)79(8,9)10/h11-52H,53H2,1-10H3/i11D,14D,15D,26D,27D. The number of hydrogen-bond acceptors (Lipinski definition) is 5. The third-order valence-electron chi connectivity index (χ3n) is 17.1. The summed E-state index contributed by atoms with van der Waals surface area (Å²) in [7, 11) is -3.03. The first kappa shape index (κ1) is 49.2. The summed E-state index contributed by atoms with van der Waals surface area (Å²) in [6.45, 7) is 22.6. The van der Waals surface area contributed by atoms with E-state index in [1.54, 1.807) is 0 Å². The zero-order chi connectivity index (χ0) is 63.2. The molecule has 0 fully saturated rings. The molecule has 5 nitrogen and oxygen atoms in total. The summed E-state index contributed by atoms with van der Waals surface area (Å²) < 4.78 is 52.2. The maximum atomic E-state index is 9.37. The van der Waals surface area contributed by atoms with Crippen LogP contribution in [0.3, 0.4) is 0 Å². The van der Waals surface area contributed by atoms with Crippen molar-refractivity contribution in [3.63, 3.8) is 0 Å². The zero-order valence-corrected chi connectivity index (χ0v) is 51.3. The molecule has 3 heterocycles. The van der Waals surface area contributed by atoms with Crippen molar-refractivity contribution in [3.8, 4) is 44.9 Å². The van der Waals surface area contributed by atoms with E-state index in [-0.39, 0.29) is 46.0 Å². The molecule has 0 aliphatic carbocycles. The van der Waals surface area contributed by atoms with Gasteiger partial charge in [0.05, 0.1) is 29.6 Å². The van der Waals surface area contributed by atoms with E-state index < -0.39 is 14.1 Å². The highest BCUT2D eigenvalue weighted by Gasteiger charge is 2.49. The lowest BCUT2D eigenvalue weighted by Crippen LogP contribution is -2.77. The number of anilines is 7. The van der Waals surface area contributed by atoms with Crippen LogP contribution in [0.4, 0.5) is 39.9 Å². The fourth-order valence-electron chi connectivity index (χ4n) is 12.6. The van der Waals surface area contributed by atoms with Crippen LogP contribution in [0.2, 0.25) is 0 Å². The molecule has 420 valence electrons. The van der Waals surface area contributed by atoms with Crippen LogP contribution in [-0.2, 0) is 16.2 Å². The van der Waals surface area contributed by atoms with Gasteiger partial charge in [-0.25, -0.2) is 4.98 Å². The molecule has 11 aromatic rings. The molecule has 13 rings (SSSR count). The molecule has 1 aromatic heterocycles. The van der Waals surface area contributed by atoms with Gasteiger partial charge in [-0.2, -0.15) is 0 Å². The minimum Gasteiger partial charge on any atom is -0.457 e. The van der Waals surface area contributed by atoms with Crippen LogP contribution in [0.25, 0.3) is 33.4 Å². The van der Waals surface area contributed by atoms with Crippen LogP contribution in [0.5, 0.6) is 11.5 Å². The number of nitrogens with zero attached hydrogens (tertiary/aromatic N) is 4. The number of benzene rings is 10. The fourth-order valence-corrected chi connectivity index (χ4v) is 17.7. The van der Waals surface area contributed by atoms with Gasteiger partial charge in [0.1, 0.15) is 24.0 Å². The molecular formula is C79H74N4OSi. The highest BCUT2D eigenvalue weighted by atomic mass is 28.3. The van der Waals surface area contributed by atoms with Crippen LogP contribution in [-0.4, -0.2) is 19.7 Å². The first-order valence-corrected chi connectivity index (χ1v) is 31.5. The van der Waals surface area contributed by atoms with Crippen molar-refractivity contribution >= 4 is 68.8 Å². The SMILES string of the molecule is [2H]c1c([2H])c([2H])c(-c2cccc(-c3cc(C(C)(C)C)cc(C(C)(C)C)c3)c2N2CN(c3cccc(Oc4ccc5c(c4)N(c4cc(C)c(-c6ccc(C(C)(C)C)cc6)cn4)c4ccccc4[Si]5(c4ccccc4)c4ccccc4)c3)c3ccccc32)c([2H])c1[2H]. The van der Waals surface area contributed by atoms with E-state index in [0.717, 1.165) is 67.8 Å². The zero-order valence-electron chi connectivity index (χ0n) is 55.3. The molecule has 0 saturated carbocycles. The number of aryl methyl sites for hydroxylation is 1. The Morgan fingerprint density at radius 2 is 0.988 bits per heavy atom. The van der Waals surface area contributed by atoms with E-state index in [9.17, 15) is 2.74 Å². The van der Waals surface area contributed by atoms with Crippen LogP contribution in [0.15, 0.2) is 255 Å². The average Bonchev–Trinajstić information content (AvgIpc) is 0.775. The molecule has 85 heavy (non-hydrogen) atoms. The Balaban J connectivity index is 0.940. The predicted octanol–water partition coefficient (Wildman–Crippen LogP) is 18.5. The normalized spacial score (nSPS) is 14.6. The smallest absolute Gasteiger partial charge is 0.184 e. The van der Waals surface area contributed by atoms with Gasteiger partial charge in [0.15, 0.2) is 8.07 Å². The van der Waals surface area contributed by atoms with Gasteiger partial charge in [0, 0.05) is 46.4 Å². The summed E-state index contributed by atoms with van der Waals surface area (Å²) >= 11 is 0. The highest BCUT2D eigenvalue weighted by molar-refractivity contribution is 7.21. The molecule has 0 saturated heterocycles. The van der Waals surface area contributed by atoms with Crippen molar-refractivity contribution in [2.75, 3.05) is 21.4 Å². The highest BCUT2D eigenvalue weighted by Crippen LogP contribution is 2.51. The lowest BCUT2D eigenvalue weighted by atomic mass is 9.78. The molecule has 0 bridgehead atoms. The second-order valence-corrected chi connectivity index (χ2v) is 29.5. The molecule has 0 amide bonds. The lowest BCUT2D eigenvalue weighted by molar-refractivity contribution is 0.483. The number of fused-ring (bicyclic) bond motifs is 3. The van der Waals surface area contributed by atoms with E-state index >= 15 is 0 Å². The summed E-state index contributed by atoms with van der Waals surface area (Å²) in [5.41, 5.74) is 14.7. The Kier molecular flexibility index (Phi) is 12.4. The molecule has 2 aliphatic rings. The molecule has 0 atom stereocenters. The van der Waals surface area contributed by atoms with Gasteiger partial charge in [-0.05, 0) is 125 Å². The lowest BCUT2D eigenvalue weighted by Gasteiger charge is -2.44. The Morgan fingerprint density at radius 1 is 0.435 bits per heavy atom. The second kappa shape index (κ2) is 21.4. The minimum atomic E-state index is -3.03.